The number of benzene rings is 2. The first kappa shape index (κ1) is 15.8. The molecule has 0 aliphatic rings. The molecule has 0 amide bonds. The molecule has 2 aromatic carbocycles. The molecule has 0 unspecified atom stereocenters. The molecule has 0 heterocycles. The summed E-state index contributed by atoms with van der Waals surface area (Å²) in [5, 5.41) is 0. The van der Waals surface area contributed by atoms with Crippen LogP contribution in [0, 0.1) is 0 Å². The average molecular weight is 298 g/mol. The second-order valence-electron chi connectivity index (χ2n) is 4.67. The van der Waals surface area contributed by atoms with E-state index < -0.39 is 17.9 Å². The molecule has 22 heavy (non-hydrogen) atoms. The van der Waals surface area contributed by atoms with Gasteiger partial charge in [0.05, 0.1) is 6.61 Å². The monoisotopic (exact) mass is 298 g/mol. The van der Waals surface area contributed by atoms with Crippen LogP contribution in [0.15, 0.2) is 60.7 Å². The molecule has 114 valence electrons. The highest BCUT2D eigenvalue weighted by Gasteiger charge is 2.24. The van der Waals surface area contributed by atoms with Gasteiger partial charge in [0, 0.05) is 0 Å². The average Bonchev–Trinajstić information content (AvgIpc) is 2.55. The quantitative estimate of drug-likeness (QED) is 0.769. The minimum absolute atomic E-state index is 0.261. The number of carbonyl (C=O) groups is 2. The van der Waals surface area contributed by atoms with Crippen LogP contribution in [-0.4, -0.2) is 25.2 Å². The lowest BCUT2D eigenvalue weighted by atomic mass is 9.91. The highest BCUT2D eigenvalue weighted by Crippen LogP contribution is 2.25. The molecule has 2 aromatic rings. The largest absolute Gasteiger partial charge is 0.463 e. The summed E-state index contributed by atoms with van der Waals surface area (Å²) in [7, 11) is 0. The Morgan fingerprint density at radius 2 is 1.36 bits per heavy atom. The Balaban J connectivity index is 2.18. The van der Waals surface area contributed by atoms with Crippen LogP contribution in [-0.2, 0) is 19.1 Å². The Bertz CT molecular complexity index is 568. The predicted octanol–water partition coefficient (Wildman–Crippen LogP) is 2.92. The second kappa shape index (κ2) is 7.98. The number of hydrogen-bond donors (Lipinski definition) is 0. The van der Waals surface area contributed by atoms with E-state index in [-0.39, 0.29) is 13.2 Å². The van der Waals surface area contributed by atoms with E-state index in [0.717, 1.165) is 11.1 Å². The summed E-state index contributed by atoms with van der Waals surface area (Å²) in [5.41, 5.74) is 1.64. The van der Waals surface area contributed by atoms with E-state index in [2.05, 4.69) is 0 Å². The van der Waals surface area contributed by atoms with Crippen LogP contribution in [0.4, 0.5) is 0 Å². The number of rotatable bonds is 6. The van der Waals surface area contributed by atoms with Gasteiger partial charge in [0.25, 0.3) is 0 Å². The Labute approximate surface area is 129 Å². The summed E-state index contributed by atoms with van der Waals surface area (Å²) < 4.78 is 9.88. The van der Waals surface area contributed by atoms with E-state index in [1.165, 1.54) is 0 Å². The third kappa shape index (κ3) is 4.19. The molecule has 4 nitrogen and oxygen atoms in total. The molecule has 2 rings (SSSR count). The van der Waals surface area contributed by atoms with Gasteiger partial charge >= 0.3 is 11.9 Å². The summed E-state index contributed by atoms with van der Waals surface area (Å²) in [6, 6.07) is 18.7. The van der Waals surface area contributed by atoms with Crippen LogP contribution >= 0.6 is 0 Å². The van der Waals surface area contributed by atoms with Gasteiger partial charge in [-0.15, -0.1) is 0 Å². The molecule has 0 aromatic heterocycles. The fraction of sp³-hybridized carbons (Fsp3) is 0.222. The molecular weight excluding hydrogens is 280 g/mol. The topological polar surface area (TPSA) is 52.6 Å². The molecule has 0 bridgehead atoms. The van der Waals surface area contributed by atoms with Crippen LogP contribution in [0.1, 0.15) is 24.0 Å². The number of esters is 2. The van der Waals surface area contributed by atoms with Crippen molar-refractivity contribution < 1.29 is 19.1 Å². The Hall–Kier alpha value is -2.62. The molecule has 0 aliphatic heterocycles. The van der Waals surface area contributed by atoms with Gasteiger partial charge in [-0.1, -0.05) is 60.7 Å². The van der Waals surface area contributed by atoms with Gasteiger partial charge in [0.15, 0.2) is 6.61 Å². The molecule has 0 spiro atoms. The lowest BCUT2D eigenvalue weighted by molar-refractivity contribution is -0.158. The van der Waals surface area contributed by atoms with Gasteiger partial charge < -0.3 is 9.47 Å². The van der Waals surface area contributed by atoms with Gasteiger partial charge in [-0.25, -0.2) is 4.79 Å². The van der Waals surface area contributed by atoms with Crippen LogP contribution in [0.3, 0.4) is 0 Å². The van der Waals surface area contributed by atoms with Gasteiger partial charge in [0.1, 0.15) is 5.92 Å². The zero-order chi connectivity index (χ0) is 15.8. The van der Waals surface area contributed by atoms with Crippen molar-refractivity contribution in [3.63, 3.8) is 0 Å². The van der Waals surface area contributed by atoms with Crippen LogP contribution < -0.4 is 0 Å². The van der Waals surface area contributed by atoms with Crippen molar-refractivity contribution in [1.82, 2.24) is 0 Å². The molecular formula is C18H18O4. The van der Waals surface area contributed by atoms with Crippen molar-refractivity contribution >= 4 is 11.9 Å². The third-order valence-corrected chi connectivity index (χ3v) is 3.14. The lowest BCUT2D eigenvalue weighted by Gasteiger charge is -2.16. The SMILES string of the molecule is CCOC(=O)COC(=O)C(c1ccccc1)c1ccccc1. The van der Waals surface area contributed by atoms with Gasteiger partial charge in [0.2, 0.25) is 0 Å². The fourth-order valence-corrected chi connectivity index (χ4v) is 2.17. The van der Waals surface area contributed by atoms with Crippen molar-refractivity contribution in [3.05, 3.63) is 71.8 Å². The van der Waals surface area contributed by atoms with E-state index in [4.69, 9.17) is 9.47 Å². The normalized spacial score (nSPS) is 10.3. The maximum Gasteiger partial charge on any atom is 0.344 e. The highest BCUT2D eigenvalue weighted by atomic mass is 16.6. The summed E-state index contributed by atoms with van der Waals surface area (Å²) >= 11 is 0. The summed E-state index contributed by atoms with van der Waals surface area (Å²) in [5.74, 6) is -1.57. The second-order valence-corrected chi connectivity index (χ2v) is 4.67. The zero-order valence-corrected chi connectivity index (χ0v) is 12.4. The first-order chi connectivity index (χ1) is 10.7. The van der Waals surface area contributed by atoms with Gasteiger partial charge in [-0.05, 0) is 18.1 Å². The summed E-state index contributed by atoms with van der Waals surface area (Å²) in [6.45, 7) is 1.59. The van der Waals surface area contributed by atoms with Crippen molar-refractivity contribution in [3.8, 4) is 0 Å². The van der Waals surface area contributed by atoms with E-state index >= 15 is 0 Å². The Kier molecular flexibility index (Phi) is 5.72. The van der Waals surface area contributed by atoms with E-state index in [1.807, 2.05) is 60.7 Å². The zero-order valence-electron chi connectivity index (χ0n) is 12.4. The molecule has 0 saturated carbocycles. The van der Waals surface area contributed by atoms with Crippen LogP contribution in [0.2, 0.25) is 0 Å². The third-order valence-electron chi connectivity index (χ3n) is 3.14. The maximum atomic E-state index is 12.4. The molecule has 0 atom stereocenters. The van der Waals surface area contributed by atoms with Gasteiger partial charge in [-0.3, -0.25) is 4.79 Å². The molecule has 0 fully saturated rings. The number of hydrogen-bond acceptors (Lipinski definition) is 4. The fourth-order valence-electron chi connectivity index (χ4n) is 2.17. The van der Waals surface area contributed by atoms with Crippen LogP contribution in [0.5, 0.6) is 0 Å². The van der Waals surface area contributed by atoms with Crippen molar-refractivity contribution in [1.29, 1.82) is 0 Å². The smallest absolute Gasteiger partial charge is 0.344 e. The molecule has 0 N–H and O–H groups in total. The standard InChI is InChI=1S/C18H18O4/c1-2-21-16(19)13-22-18(20)17(14-9-5-3-6-10-14)15-11-7-4-8-12-15/h3-12,17H,2,13H2,1H3. The highest BCUT2D eigenvalue weighted by molar-refractivity contribution is 5.84. The minimum Gasteiger partial charge on any atom is -0.463 e. The maximum absolute atomic E-state index is 12.4. The first-order valence-corrected chi connectivity index (χ1v) is 7.14. The number of carbonyl (C=O) groups excluding carboxylic acids is 2. The van der Waals surface area contributed by atoms with Crippen molar-refractivity contribution in [2.75, 3.05) is 13.2 Å². The van der Waals surface area contributed by atoms with Gasteiger partial charge in [-0.2, -0.15) is 0 Å². The Morgan fingerprint density at radius 3 is 1.82 bits per heavy atom. The molecule has 0 aliphatic carbocycles. The lowest BCUT2D eigenvalue weighted by Crippen LogP contribution is -2.22. The van der Waals surface area contributed by atoms with E-state index in [1.54, 1.807) is 6.92 Å². The predicted molar refractivity (Wildman–Crippen MR) is 82.3 cm³/mol. The molecule has 0 radical (unpaired) electrons. The number of ether oxygens (including phenoxy) is 2. The minimum atomic E-state index is -0.558. The van der Waals surface area contributed by atoms with Crippen LogP contribution in [0.25, 0.3) is 0 Å². The Morgan fingerprint density at radius 1 is 0.864 bits per heavy atom. The summed E-state index contributed by atoms with van der Waals surface area (Å²) in [6.07, 6.45) is 0. The van der Waals surface area contributed by atoms with Crippen molar-refractivity contribution in [2.45, 2.75) is 12.8 Å². The summed E-state index contributed by atoms with van der Waals surface area (Å²) in [4.78, 5) is 23.8. The van der Waals surface area contributed by atoms with E-state index in [0.29, 0.717) is 0 Å². The molecule has 4 heteroatoms. The van der Waals surface area contributed by atoms with E-state index in [9.17, 15) is 9.59 Å². The first-order valence-electron chi connectivity index (χ1n) is 7.14. The van der Waals surface area contributed by atoms with Crippen molar-refractivity contribution in [2.24, 2.45) is 0 Å². The molecule has 0 saturated heterocycles.